The first kappa shape index (κ1) is 17.0. The van der Waals surface area contributed by atoms with Crippen molar-refractivity contribution in [1.29, 1.82) is 0 Å². The molecule has 1 aliphatic carbocycles. The Kier molecular flexibility index (Phi) is 4.32. The van der Waals surface area contributed by atoms with E-state index in [0.29, 0.717) is 10.1 Å². The molecule has 2 aromatic carbocycles. The first-order valence-electron chi connectivity index (χ1n) is 8.85. The molecule has 1 aliphatic heterocycles. The molecule has 0 aromatic heterocycles. The molecule has 0 saturated heterocycles. The van der Waals surface area contributed by atoms with Gasteiger partial charge in [0.05, 0.1) is 16.6 Å². The van der Waals surface area contributed by atoms with Crippen molar-refractivity contribution in [3.63, 3.8) is 0 Å². The smallest absolute Gasteiger partial charge is 0.261 e. The second kappa shape index (κ2) is 6.36. The fraction of sp³-hybridized carbons (Fsp3) is 0.400. The maximum Gasteiger partial charge on any atom is 0.264 e. The van der Waals surface area contributed by atoms with E-state index in [-0.39, 0.29) is 6.04 Å². The molecule has 4 rings (SSSR count). The van der Waals surface area contributed by atoms with Gasteiger partial charge < -0.3 is 0 Å². The SMILES string of the molecule is Cc1ccc(S(=O)(=O)N2c3cc(C)ccc3S[C@@H]3CCCC[C@H]32)cc1. The lowest BCUT2D eigenvalue weighted by molar-refractivity contribution is 0.444. The van der Waals surface area contributed by atoms with Crippen molar-refractivity contribution in [2.45, 2.75) is 60.6 Å². The van der Waals surface area contributed by atoms with Crippen molar-refractivity contribution >= 4 is 27.5 Å². The summed E-state index contributed by atoms with van der Waals surface area (Å²) in [7, 11) is -3.56. The van der Waals surface area contributed by atoms with Crippen molar-refractivity contribution in [1.82, 2.24) is 0 Å². The summed E-state index contributed by atoms with van der Waals surface area (Å²) in [5, 5.41) is 0.351. The second-order valence-electron chi connectivity index (χ2n) is 7.09. The Labute approximate surface area is 154 Å². The molecular weight excluding hydrogens is 350 g/mol. The van der Waals surface area contributed by atoms with Gasteiger partial charge in [0, 0.05) is 10.1 Å². The zero-order valence-electron chi connectivity index (χ0n) is 14.6. The van der Waals surface area contributed by atoms with Gasteiger partial charge in [-0.2, -0.15) is 0 Å². The minimum Gasteiger partial charge on any atom is -0.261 e. The Hall–Kier alpha value is -1.46. The van der Waals surface area contributed by atoms with Gasteiger partial charge in [-0.1, -0.05) is 36.6 Å². The third-order valence-corrected chi connectivity index (χ3v) is 8.48. The zero-order valence-corrected chi connectivity index (χ0v) is 16.2. The molecule has 2 atom stereocenters. The van der Waals surface area contributed by atoms with Gasteiger partial charge in [0.25, 0.3) is 10.0 Å². The highest BCUT2D eigenvalue weighted by molar-refractivity contribution is 8.00. The molecule has 3 nitrogen and oxygen atoms in total. The Morgan fingerprint density at radius 3 is 2.40 bits per heavy atom. The van der Waals surface area contributed by atoms with Gasteiger partial charge in [0.2, 0.25) is 0 Å². The number of thioether (sulfide) groups is 1. The molecule has 132 valence electrons. The molecule has 25 heavy (non-hydrogen) atoms. The van der Waals surface area contributed by atoms with Gasteiger partial charge in [-0.05, 0) is 56.5 Å². The quantitative estimate of drug-likeness (QED) is 0.750. The van der Waals surface area contributed by atoms with Crippen molar-refractivity contribution in [3.8, 4) is 0 Å². The van der Waals surface area contributed by atoms with Crippen LogP contribution in [0.3, 0.4) is 0 Å². The lowest BCUT2D eigenvalue weighted by Crippen LogP contribution is -2.49. The molecule has 2 aliphatic rings. The van der Waals surface area contributed by atoms with Crippen molar-refractivity contribution in [2.75, 3.05) is 4.31 Å². The van der Waals surface area contributed by atoms with Gasteiger partial charge >= 0.3 is 0 Å². The van der Waals surface area contributed by atoms with E-state index in [1.807, 2.05) is 43.8 Å². The number of rotatable bonds is 2. The van der Waals surface area contributed by atoms with Crippen LogP contribution in [0.4, 0.5) is 5.69 Å². The number of aryl methyl sites for hydroxylation is 2. The molecule has 1 saturated carbocycles. The summed E-state index contributed by atoms with van der Waals surface area (Å²) in [4.78, 5) is 1.48. The molecular formula is C20H23NO2S2. The standard InChI is InChI=1S/C20H23NO2S2/c1-14-7-10-16(11-8-14)25(22,23)21-17-5-3-4-6-19(17)24-20-12-9-15(2)13-18(20)21/h7-13,17,19H,3-6H2,1-2H3/t17-,19-/m1/s1. The van der Waals surface area contributed by atoms with Gasteiger partial charge in [0.15, 0.2) is 0 Å². The normalized spacial score (nSPS) is 23.0. The number of anilines is 1. The molecule has 0 N–H and O–H groups in total. The predicted molar refractivity (Wildman–Crippen MR) is 104 cm³/mol. The van der Waals surface area contributed by atoms with Crippen LogP contribution in [0.25, 0.3) is 0 Å². The summed E-state index contributed by atoms with van der Waals surface area (Å²) >= 11 is 1.86. The van der Waals surface area contributed by atoms with Crippen LogP contribution >= 0.6 is 11.8 Å². The highest BCUT2D eigenvalue weighted by Gasteiger charge is 2.42. The Bertz CT molecular complexity index is 890. The van der Waals surface area contributed by atoms with Crippen LogP contribution in [-0.4, -0.2) is 19.7 Å². The number of benzene rings is 2. The average Bonchev–Trinajstić information content (AvgIpc) is 2.60. The fourth-order valence-electron chi connectivity index (χ4n) is 3.86. The molecule has 0 unspecified atom stereocenters. The Morgan fingerprint density at radius 2 is 1.64 bits per heavy atom. The van der Waals surface area contributed by atoms with Crippen LogP contribution in [0.5, 0.6) is 0 Å². The zero-order chi connectivity index (χ0) is 17.6. The van der Waals surface area contributed by atoms with Crippen molar-refractivity contribution in [3.05, 3.63) is 53.6 Å². The van der Waals surface area contributed by atoms with E-state index >= 15 is 0 Å². The van der Waals surface area contributed by atoms with Crippen molar-refractivity contribution < 1.29 is 8.42 Å². The van der Waals surface area contributed by atoms with Gasteiger partial charge in [-0.25, -0.2) is 8.42 Å². The summed E-state index contributed by atoms with van der Waals surface area (Å²) in [6, 6.07) is 13.5. The number of sulfonamides is 1. The van der Waals surface area contributed by atoms with E-state index in [1.54, 1.807) is 16.4 Å². The fourth-order valence-corrected chi connectivity index (χ4v) is 7.17. The summed E-state index contributed by atoms with van der Waals surface area (Å²) in [5.74, 6) is 0. The average molecular weight is 374 g/mol. The molecule has 1 fully saturated rings. The topological polar surface area (TPSA) is 37.4 Å². The van der Waals surface area contributed by atoms with Crippen LogP contribution in [0.2, 0.25) is 0 Å². The van der Waals surface area contributed by atoms with E-state index in [0.717, 1.165) is 41.0 Å². The van der Waals surface area contributed by atoms with Gasteiger partial charge in [0.1, 0.15) is 0 Å². The van der Waals surface area contributed by atoms with Crippen LogP contribution in [-0.2, 0) is 10.0 Å². The van der Waals surface area contributed by atoms with E-state index in [2.05, 4.69) is 12.1 Å². The largest absolute Gasteiger partial charge is 0.264 e. The van der Waals surface area contributed by atoms with Crippen LogP contribution in [0.15, 0.2) is 52.3 Å². The second-order valence-corrected chi connectivity index (χ2v) is 10.2. The van der Waals surface area contributed by atoms with E-state index < -0.39 is 10.0 Å². The third kappa shape index (κ3) is 2.97. The Morgan fingerprint density at radius 1 is 0.960 bits per heavy atom. The first-order valence-corrected chi connectivity index (χ1v) is 11.2. The maximum atomic E-state index is 13.5. The number of fused-ring (bicyclic) bond motifs is 2. The first-order chi connectivity index (χ1) is 12.0. The number of hydrogen-bond donors (Lipinski definition) is 0. The lowest BCUT2D eigenvalue weighted by Gasteiger charge is -2.44. The molecule has 1 heterocycles. The van der Waals surface area contributed by atoms with E-state index in [4.69, 9.17) is 0 Å². The summed E-state index contributed by atoms with van der Waals surface area (Å²) < 4.78 is 28.8. The third-order valence-electron chi connectivity index (χ3n) is 5.18. The van der Waals surface area contributed by atoms with Gasteiger partial charge in [-0.3, -0.25) is 4.31 Å². The van der Waals surface area contributed by atoms with E-state index in [1.165, 1.54) is 6.42 Å². The highest BCUT2D eigenvalue weighted by Crippen LogP contribution is 2.48. The molecule has 0 amide bonds. The molecule has 0 spiro atoms. The van der Waals surface area contributed by atoms with E-state index in [9.17, 15) is 8.42 Å². The predicted octanol–water partition coefficient (Wildman–Crippen LogP) is 4.92. The summed E-state index contributed by atoms with van der Waals surface area (Å²) in [6.07, 6.45) is 4.31. The summed E-state index contributed by atoms with van der Waals surface area (Å²) in [6.45, 7) is 4.00. The molecule has 0 bridgehead atoms. The molecule has 2 aromatic rings. The number of nitrogens with zero attached hydrogens (tertiary/aromatic N) is 1. The molecule has 0 radical (unpaired) electrons. The van der Waals surface area contributed by atoms with Crippen LogP contribution < -0.4 is 4.31 Å². The lowest BCUT2D eigenvalue weighted by atomic mass is 9.94. The van der Waals surface area contributed by atoms with Crippen molar-refractivity contribution in [2.24, 2.45) is 0 Å². The number of hydrogen-bond acceptors (Lipinski definition) is 3. The van der Waals surface area contributed by atoms with Crippen LogP contribution in [0.1, 0.15) is 36.8 Å². The highest BCUT2D eigenvalue weighted by atomic mass is 32.2. The summed E-state index contributed by atoms with van der Waals surface area (Å²) in [5.41, 5.74) is 3.02. The molecule has 5 heteroatoms. The minimum absolute atomic E-state index is 0.0550. The monoisotopic (exact) mass is 373 g/mol. The minimum atomic E-state index is -3.56. The van der Waals surface area contributed by atoms with Gasteiger partial charge in [-0.15, -0.1) is 11.8 Å². The Balaban J connectivity index is 1.87. The van der Waals surface area contributed by atoms with Crippen LogP contribution in [0, 0.1) is 13.8 Å². The maximum absolute atomic E-state index is 13.5.